The van der Waals surface area contributed by atoms with Gasteiger partial charge in [0.25, 0.3) is 0 Å². The molecule has 10 heteroatoms. The number of hydrogen-bond donors (Lipinski definition) is 2. The van der Waals surface area contributed by atoms with Gasteiger partial charge in [0.15, 0.2) is 5.75 Å². The van der Waals surface area contributed by atoms with Gasteiger partial charge in [0.05, 0.1) is 29.6 Å². The van der Waals surface area contributed by atoms with Crippen LogP contribution in [0.15, 0.2) is 36.4 Å². The number of alkyl halides is 1. The number of allylic oxidation sites excluding steroid dienone is 1. The van der Waals surface area contributed by atoms with Crippen molar-refractivity contribution < 1.29 is 18.8 Å². The van der Waals surface area contributed by atoms with Crippen LogP contribution in [-0.2, 0) is 6.42 Å². The van der Waals surface area contributed by atoms with E-state index in [1.165, 1.54) is 11.1 Å². The molecule has 0 saturated carbocycles. The molecule has 0 aliphatic carbocycles. The van der Waals surface area contributed by atoms with E-state index in [-0.39, 0.29) is 4.16 Å². The highest BCUT2D eigenvalue weighted by Crippen LogP contribution is 2.30. The second kappa shape index (κ2) is 17.0. The van der Waals surface area contributed by atoms with Crippen LogP contribution in [0.1, 0.15) is 42.5 Å². The van der Waals surface area contributed by atoms with Crippen molar-refractivity contribution in [1.82, 2.24) is 9.91 Å². The van der Waals surface area contributed by atoms with Gasteiger partial charge in [-0.2, -0.15) is 10.5 Å². The number of nitriles is 1. The molecule has 39 heavy (non-hydrogen) atoms. The molecule has 214 valence electrons. The smallest absolute Gasteiger partial charge is 0.155 e. The Bertz CT molecular complexity index is 1110. The number of hydroxylamine groups is 1. The molecule has 1 N–H and O–H groups in total. The van der Waals surface area contributed by atoms with E-state index in [0.29, 0.717) is 35.4 Å². The summed E-state index contributed by atoms with van der Waals surface area (Å²) in [5.74, 6) is 1.72. The molecule has 7 nitrogen and oxygen atoms in total. The summed E-state index contributed by atoms with van der Waals surface area (Å²) in [5, 5.41) is 21.2. The third-order valence-corrected chi connectivity index (χ3v) is 6.93. The highest BCUT2D eigenvalue weighted by molar-refractivity contribution is 7.74. The Balaban J connectivity index is 0.000000293. The molecule has 1 atom stereocenters. The molecule has 0 bridgehead atoms. The van der Waals surface area contributed by atoms with Crippen molar-refractivity contribution in [2.75, 3.05) is 58.9 Å². The van der Waals surface area contributed by atoms with Gasteiger partial charge in [0.1, 0.15) is 44.9 Å². The standard InChI is InChI=1S/C17H28N3O2S.C12H13Cl2NO/c1-4-5-16-14-17(7-6-15(16)2)22-13-12-18-8-10-19(11-9-18)20(3,21)23;1-2-3-9-6-10(8-15)12(11(14)7-9)16-5-4-13/h4-7,14,21,23H,8-13H2,1-3H3;6-7H,2-5H2,1H3/q+1;/b5-4-;. The number of aryl methyl sites for hydroxylation is 2. The van der Waals surface area contributed by atoms with Gasteiger partial charge >= 0.3 is 0 Å². The zero-order chi connectivity index (χ0) is 28.8. The highest BCUT2D eigenvalue weighted by atomic mass is 35.5. The van der Waals surface area contributed by atoms with Gasteiger partial charge in [-0.3, -0.25) is 4.90 Å². The van der Waals surface area contributed by atoms with Crippen molar-refractivity contribution in [3.05, 3.63) is 63.7 Å². The molecular weight excluding hydrogens is 555 g/mol. The maximum atomic E-state index is 9.82. The number of piperazine rings is 1. The van der Waals surface area contributed by atoms with Gasteiger partial charge in [0.2, 0.25) is 0 Å². The summed E-state index contributed by atoms with van der Waals surface area (Å²) in [4.78, 5) is 2.35. The molecule has 2 aromatic carbocycles. The minimum atomic E-state index is -0.387. The molecule has 1 heterocycles. The third kappa shape index (κ3) is 11.2. The first-order chi connectivity index (χ1) is 18.6. The van der Waals surface area contributed by atoms with Crippen molar-refractivity contribution in [1.29, 1.82) is 5.26 Å². The summed E-state index contributed by atoms with van der Waals surface area (Å²) in [6.45, 7) is 11.5. The molecular formula is C29H41Cl2N4O3S+. The lowest BCUT2D eigenvalue weighted by atomic mass is 10.1. The van der Waals surface area contributed by atoms with Crippen LogP contribution < -0.4 is 9.47 Å². The maximum absolute atomic E-state index is 9.82. The largest absolute Gasteiger partial charge is 0.492 e. The summed E-state index contributed by atoms with van der Waals surface area (Å²) in [6.07, 6.45) is 6.07. The Morgan fingerprint density at radius 1 is 1.15 bits per heavy atom. The van der Waals surface area contributed by atoms with Crippen molar-refractivity contribution in [3.63, 3.8) is 0 Å². The monoisotopic (exact) mass is 595 g/mol. The van der Waals surface area contributed by atoms with Crippen molar-refractivity contribution >= 4 is 42.1 Å². The molecule has 0 aromatic heterocycles. The molecule has 1 unspecified atom stereocenters. The Kier molecular flexibility index (Phi) is 14.5. The number of halogens is 2. The minimum Gasteiger partial charge on any atom is -0.492 e. The van der Waals surface area contributed by atoms with E-state index in [9.17, 15) is 5.21 Å². The summed E-state index contributed by atoms with van der Waals surface area (Å²) in [7, 11) is 1.65. The van der Waals surface area contributed by atoms with Crippen LogP contribution in [0.5, 0.6) is 11.5 Å². The van der Waals surface area contributed by atoms with E-state index in [1.807, 2.05) is 36.2 Å². The highest BCUT2D eigenvalue weighted by Gasteiger charge is 2.29. The van der Waals surface area contributed by atoms with Gasteiger partial charge in [-0.15, -0.1) is 16.6 Å². The second-order valence-corrected chi connectivity index (χ2v) is 10.9. The molecule has 1 fully saturated rings. The Hall–Kier alpha value is -1.96. The predicted octanol–water partition coefficient (Wildman–Crippen LogP) is 6.40. The lowest BCUT2D eigenvalue weighted by Crippen LogP contribution is -2.57. The Morgan fingerprint density at radius 2 is 1.87 bits per heavy atom. The molecule has 2 aromatic rings. The SMILES string of the molecule is C/C=C\c1cc(OCCN2CCN([N+](C)(O)S)CC2)ccc1C.CCCc1cc(Cl)c(OCCCl)c(C#N)c1. The first-order valence-electron chi connectivity index (χ1n) is 13.2. The van der Waals surface area contributed by atoms with Gasteiger partial charge in [0, 0.05) is 19.6 Å². The zero-order valence-electron chi connectivity index (χ0n) is 23.4. The average molecular weight is 597 g/mol. The van der Waals surface area contributed by atoms with Crippen LogP contribution in [-0.4, -0.2) is 78.1 Å². The van der Waals surface area contributed by atoms with Crippen LogP contribution in [0.2, 0.25) is 5.02 Å². The molecule has 1 aliphatic rings. The minimum absolute atomic E-state index is 0.350. The predicted molar refractivity (Wildman–Crippen MR) is 163 cm³/mol. The zero-order valence-corrected chi connectivity index (χ0v) is 25.8. The Morgan fingerprint density at radius 3 is 2.46 bits per heavy atom. The maximum Gasteiger partial charge on any atom is 0.155 e. The van der Waals surface area contributed by atoms with E-state index in [0.717, 1.165) is 56.9 Å². The van der Waals surface area contributed by atoms with Gasteiger partial charge < -0.3 is 9.47 Å². The number of nitrogens with zero attached hydrogens (tertiary/aromatic N) is 4. The van der Waals surface area contributed by atoms with Crippen molar-refractivity contribution in [3.8, 4) is 17.6 Å². The second-order valence-electron chi connectivity index (χ2n) is 9.38. The van der Waals surface area contributed by atoms with Gasteiger partial charge in [-0.1, -0.05) is 47.3 Å². The molecule has 0 spiro atoms. The van der Waals surface area contributed by atoms with E-state index >= 15 is 0 Å². The lowest BCUT2D eigenvalue weighted by Gasteiger charge is -2.37. The molecule has 1 saturated heterocycles. The van der Waals surface area contributed by atoms with E-state index in [4.69, 9.17) is 37.9 Å². The molecule has 0 amide bonds. The fourth-order valence-electron chi connectivity index (χ4n) is 4.15. The number of thiol groups is 1. The first-order valence-corrected chi connectivity index (χ1v) is 14.5. The third-order valence-electron chi connectivity index (χ3n) is 6.24. The van der Waals surface area contributed by atoms with Crippen LogP contribution in [0.3, 0.4) is 0 Å². The summed E-state index contributed by atoms with van der Waals surface area (Å²) >= 11 is 15.7. The van der Waals surface area contributed by atoms with Crippen LogP contribution in [0.4, 0.5) is 0 Å². The molecule has 3 rings (SSSR count). The van der Waals surface area contributed by atoms with E-state index < -0.39 is 0 Å². The summed E-state index contributed by atoms with van der Waals surface area (Å²) < 4.78 is 10.9. The van der Waals surface area contributed by atoms with Crippen LogP contribution in [0.25, 0.3) is 6.08 Å². The van der Waals surface area contributed by atoms with Crippen molar-refractivity contribution in [2.24, 2.45) is 0 Å². The Labute approximate surface area is 249 Å². The van der Waals surface area contributed by atoms with Gasteiger partial charge in [-0.05, 0) is 61.2 Å². The normalized spacial score (nSPS) is 15.8. The van der Waals surface area contributed by atoms with Gasteiger partial charge in [-0.25, -0.2) is 0 Å². The fraction of sp³-hybridized carbons (Fsp3) is 0.483. The number of rotatable bonds is 11. The first kappa shape index (κ1) is 33.2. The quantitative estimate of drug-likeness (QED) is 0.135. The number of benzene rings is 2. The van der Waals surface area contributed by atoms with E-state index in [1.54, 1.807) is 7.05 Å². The fourth-order valence-corrected chi connectivity index (χ4v) is 4.71. The number of quaternary nitrogens is 1. The number of ether oxygens (including phenoxy) is 2. The topological polar surface area (TPSA) is 69.0 Å². The van der Waals surface area contributed by atoms with E-state index in [2.05, 4.69) is 55.8 Å². The molecule has 1 aliphatic heterocycles. The van der Waals surface area contributed by atoms with Crippen LogP contribution in [0, 0.1) is 18.3 Å². The summed E-state index contributed by atoms with van der Waals surface area (Å²) in [5.41, 5.74) is 3.99. The molecule has 0 radical (unpaired) electrons. The van der Waals surface area contributed by atoms with Crippen LogP contribution >= 0.6 is 36.0 Å². The number of hydrogen-bond acceptors (Lipinski definition) is 7. The lowest BCUT2D eigenvalue weighted by molar-refractivity contribution is -1.07. The van der Waals surface area contributed by atoms with Crippen molar-refractivity contribution in [2.45, 2.75) is 33.6 Å². The average Bonchev–Trinajstić information content (AvgIpc) is 2.90. The summed E-state index contributed by atoms with van der Waals surface area (Å²) in [6, 6.07) is 12.0.